The summed E-state index contributed by atoms with van der Waals surface area (Å²) >= 11 is 0. The number of ether oxygens (including phenoxy) is 2. The first-order chi connectivity index (χ1) is 11.8. The fourth-order valence-electron chi connectivity index (χ4n) is 2.48. The van der Waals surface area contributed by atoms with Gasteiger partial charge in [-0.3, -0.25) is 0 Å². The number of rotatable bonds is 1. The summed E-state index contributed by atoms with van der Waals surface area (Å²) in [6.45, 7) is 3.56. The number of aromatic hydroxyl groups is 1. The lowest BCUT2D eigenvalue weighted by Crippen LogP contribution is -2.24. The van der Waals surface area contributed by atoms with E-state index in [1.54, 1.807) is 31.2 Å². The lowest BCUT2D eigenvalue weighted by molar-refractivity contribution is 0.0257. The molecule has 0 amide bonds. The first-order valence-electron chi connectivity index (χ1n) is 8.16. The molecular formula is C19H24O6. The van der Waals surface area contributed by atoms with Gasteiger partial charge in [-0.25, -0.2) is 4.79 Å². The monoisotopic (exact) mass is 348 g/mol. The van der Waals surface area contributed by atoms with Crippen LogP contribution in [0.5, 0.6) is 11.5 Å². The number of cyclic esters (lactones) is 1. The molecule has 1 aliphatic rings. The molecule has 6 heteroatoms. The summed E-state index contributed by atoms with van der Waals surface area (Å²) in [6.07, 6.45) is 4.11. The first-order valence-corrected chi connectivity index (χ1v) is 8.16. The number of esters is 1. The summed E-state index contributed by atoms with van der Waals surface area (Å²) in [5.41, 5.74) is 0.449. The molecule has 1 aromatic carbocycles. The Hall–Kier alpha value is -2.31. The van der Waals surface area contributed by atoms with E-state index in [4.69, 9.17) is 9.47 Å². The molecule has 0 saturated heterocycles. The van der Waals surface area contributed by atoms with E-state index >= 15 is 0 Å². The van der Waals surface area contributed by atoms with Gasteiger partial charge in [-0.05, 0) is 25.0 Å². The van der Waals surface area contributed by atoms with Crippen molar-refractivity contribution in [1.29, 1.82) is 0 Å². The molecule has 1 heterocycles. The van der Waals surface area contributed by atoms with E-state index in [1.807, 2.05) is 6.92 Å². The van der Waals surface area contributed by atoms with Crippen LogP contribution in [0.3, 0.4) is 0 Å². The van der Waals surface area contributed by atoms with Gasteiger partial charge < -0.3 is 24.8 Å². The summed E-state index contributed by atoms with van der Waals surface area (Å²) in [7, 11) is 1.46. The van der Waals surface area contributed by atoms with E-state index in [0.29, 0.717) is 11.3 Å². The van der Waals surface area contributed by atoms with Crippen molar-refractivity contribution >= 4 is 12.0 Å². The zero-order chi connectivity index (χ0) is 18.6. The number of carbonyl (C=O) groups is 1. The topological polar surface area (TPSA) is 96.2 Å². The Labute approximate surface area is 147 Å². The zero-order valence-electron chi connectivity index (χ0n) is 14.5. The minimum Gasteiger partial charge on any atom is -0.507 e. The van der Waals surface area contributed by atoms with Crippen LogP contribution in [0.15, 0.2) is 30.4 Å². The Morgan fingerprint density at radius 1 is 1.20 bits per heavy atom. The molecular weight excluding hydrogens is 324 g/mol. The van der Waals surface area contributed by atoms with E-state index in [0.717, 1.165) is 0 Å². The van der Waals surface area contributed by atoms with Gasteiger partial charge in [-0.15, -0.1) is 0 Å². The second kappa shape index (κ2) is 8.18. The standard InChI is InChI=1S/C19H24O6/c1-11-7-8-16(21)15(20)6-4-5-13-9-14(24-3)10-17(22)18(13)19(23)25-12(11)2/h4-5,7-12,15-16,20-22H,6H2,1-3H3/b5-4+,8-7-/t11-,12+,15-,16+/m0/s1. The lowest BCUT2D eigenvalue weighted by atomic mass is 10.0. The van der Waals surface area contributed by atoms with Gasteiger partial charge in [0.25, 0.3) is 0 Å². The molecule has 1 aromatic rings. The maximum atomic E-state index is 12.5. The molecule has 0 aromatic heterocycles. The van der Waals surface area contributed by atoms with Crippen LogP contribution in [0.4, 0.5) is 0 Å². The molecule has 2 rings (SSSR count). The highest BCUT2D eigenvalue weighted by Gasteiger charge is 2.23. The number of phenols is 1. The number of phenolic OH excluding ortho intramolecular Hbond substituents is 1. The molecule has 0 aliphatic carbocycles. The zero-order valence-corrected chi connectivity index (χ0v) is 14.5. The lowest BCUT2D eigenvalue weighted by Gasteiger charge is -2.19. The highest BCUT2D eigenvalue weighted by Crippen LogP contribution is 2.30. The van der Waals surface area contributed by atoms with Crippen LogP contribution in [0, 0.1) is 5.92 Å². The van der Waals surface area contributed by atoms with Crippen LogP contribution in [-0.4, -0.2) is 46.7 Å². The average Bonchev–Trinajstić information content (AvgIpc) is 2.57. The van der Waals surface area contributed by atoms with E-state index in [2.05, 4.69) is 0 Å². The van der Waals surface area contributed by atoms with Gasteiger partial charge in [0.15, 0.2) is 0 Å². The van der Waals surface area contributed by atoms with Crippen LogP contribution >= 0.6 is 0 Å². The predicted octanol–water partition coefficient (Wildman–Crippen LogP) is 2.28. The fourth-order valence-corrected chi connectivity index (χ4v) is 2.48. The first kappa shape index (κ1) is 19.0. The molecule has 1 aliphatic heterocycles. The number of aliphatic hydroxyl groups is 2. The molecule has 25 heavy (non-hydrogen) atoms. The molecule has 0 bridgehead atoms. The van der Waals surface area contributed by atoms with Crippen molar-refractivity contribution in [3.8, 4) is 11.5 Å². The van der Waals surface area contributed by atoms with Crippen molar-refractivity contribution in [2.45, 2.75) is 38.6 Å². The number of benzene rings is 1. The third-order valence-electron chi connectivity index (χ3n) is 4.28. The third kappa shape index (κ3) is 4.61. The SMILES string of the molecule is COc1cc(O)c2c(c1)/C=C/C[C@H](O)[C@H](O)/C=C\[C@H](C)[C@@H](C)OC2=O. The Morgan fingerprint density at radius 2 is 1.92 bits per heavy atom. The van der Waals surface area contributed by atoms with Crippen LogP contribution < -0.4 is 4.74 Å². The minimum absolute atomic E-state index is 0.0364. The molecule has 3 N–H and O–H groups in total. The van der Waals surface area contributed by atoms with E-state index < -0.39 is 24.3 Å². The van der Waals surface area contributed by atoms with Gasteiger partial charge in [0.2, 0.25) is 0 Å². The third-order valence-corrected chi connectivity index (χ3v) is 4.28. The highest BCUT2D eigenvalue weighted by molar-refractivity contribution is 5.97. The second-order valence-corrected chi connectivity index (χ2v) is 6.16. The summed E-state index contributed by atoms with van der Waals surface area (Å²) < 4.78 is 10.6. The van der Waals surface area contributed by atoms with Crippen LogP contribution in [0.1, 0.15) is 36.2 Å². The number of methoxy groups -OCH3 is 1. The van der Waals surface area contributed by atoms with Crippen molar-refractivity contribution < 1.29 is 29.6 Å². The number of hydrogen-bond donors (Lipinski definition) is 3. The molecule has 6 nitrogen and oxygen atoms in total. The van der Waals surface area contributed by atoms with E-state index in [1.165, 1.54) is 19.3 Å². The summed E-state index contributed by atoms with van der Waals surface area (Å²) in [6, 6.07) is 2.94. The Balaban J connectivity index is 2.49. The van der Waals surface area contributed by atoms with Gasteiger partial charge in [0.1, 0.15) is 23.2 Å². The molecule has 0 radical (unpaired) electrons. The maximum Gasteiger partial charge on any atom is 0.342 e. The normalized spacial score (nSPS) is 30.0. The average molecular weight is 348 g/mol. The van der Waals surface area contributed by atoms with Crippen molar-refractivity contribution in [3.05, 3.63) is 41.5 Å². The summed E-state index contributed by atoms with van der Waals surface area (Å²) in [5.74, 6) is -0.673. The van der Waals surface area contributed by atoms with Gasteiger partial charge in [0, 0.05) is 12.0 Å². The van der Waals surface area contributed by atoms with Crippen molar-refractivity contribution in [3.63, 3.8) is 0 Å². The summed E-state index contributed by atoms with van der Waals surface area (Å²) in [5, 5.41) is 30.2. The number of carbonyl (C=O) groups excluding carboxylic acids is 1. The largest absolute Gasteiger partial charge is 0.507 e. The Kier molecular flexibility index (Phi) is 6.22. The number of hydrogen-bond acceptors (Lipinski definition) is 6. The molecule has 4 atom stereocenters. The van der Waals surface area contributed by atoms with Gasteiger partial charge in [-0.1, -0.05) is 31.2 Å². The predicted molar refractivity (Wildman–Crippen MR) is 93.5 cm³/mol. The van der Waals surface area contributed by atoms with Gasteiger partial charge >= 0.3 is 5.97 Å². The van der Waals surface area contributed by atoms with Crippen molar-refractivity contribution in [2.24, 2.45) is 5.92 Å². The molecule has 0 unspecified atom stereocenters. The number of aliphatic hydroxyl groups excluding tert-OH is 2. The molecule has 0 saturated carbocycles. The minimum atomic E-state index is -1.02. The smallest absolute Gasteiger partial charge is 0.342 e. The van der Waals surface area contributed by atoms with E-state index in [-0.39, 0.29) is 23.7 Å². The molecule has 136 valence electrons. The Bertz CT molecular complexity index is 679. The summed E-state index contributed by atoms with van der Waals surface area (Å²) in [4.78, 5) is 12.5. The molecule has 0 spiro atoms. The van der Waals surface area contributed by atoms with Gasteiger partial charge in [0.05, 0.1) is 19.3 Å². The quantitative estimate of drug-likeness (QED) is 0.532. The highest BCUT2D eigenvalue weighted by atomic mass is 16.5. The second-order valence-electron chi connectivity index (χ2n) is 6.16. The Morgan fingerprint density at radius 3 is 2.60 bits per heavy atom. The van der Waals surface area contributed by atoms with Crippen LogP contribution in [0.2, 0.25) is 0 Å². The van der Waals surface area contributed by atoms with Crippen LogP contribution in [-0.2, 0) is 4.74 Å². The number of fused-ring (bicyclic) bond motifs is 1. The van der Waals surface area contributed by atoms with E-state index in [9.17, 15) is 20.1 Å². The van der Waals surface area contributed by atoms with Crippen LogP contribution in [0.25, 0.3) is 6.08 Å². The van der Waals surface area contributed by atoms with Crippen molar-refractivity contribution in [1.82, 2.24) is 0 Å². The maximum absolute atomic E-state index is 12.5. The molecule has 0 fully saturated rings. The van der Waals surface area contributed by atoms with Crippen molar-refractivity contribution in [2.75, 3.05) is 7.11 Å². The fraction of sp³-hybridized carbons (Fsp3) is 0.421. The van der Waals surface area contributed by atoms with Gasteiger partial charge in [-0.2, -0.15) is 0 Å².